The zero-order valence-electron chi connectivity index (χ0n) is 9.25. The van der Waals surface area contributed by atoms with E-state index in [9.17, 15) is 0 Å². The van der Waals surface area contributed by atoms with Gasteiger partial charge in [0, 0.05) is 12.6 Å². The molecule has 0 spiro atoms. The van der Waals surface area contributed by atoms with Gasteiger partial charge in [0.15, 0.2) is 0 Å². The Morgan fingerprint density at radius 1 is 1.64 bits per heavy atom. The van der Waals surface area contributed by atoms with Gasteiger partial charge in [-0.15, -0.1) is 0 Å². The molecule has 3 heteroatoms. The summed E-state index contributed by atoms with van der Waals surface area (Å²) in [4.78, 5) is 0. The van der Waals surface area contributed by atoms with Gasteiger partial charge in [-0.1, -0.05) is 12.2 Å². The molecule has 1 rings (SSSR count). The highest BCUT2D eigenvalue weighted by atomic mass is 16.5. The van der Waals surface area contributed by atoms with E-state index in [1.807, 2.05) is 13.8 Å². The van der Waals surface area contributed by atoms with E-state index in [0.29, 0.717) is 6.10 Å². The van der Waals surface area contributed by atoms with Gasteiger partial charge in [0.05, 0.1) is 6.10 Å². The lowest BCUT2D eigenvalue weighted by atomic mass is 9.77. The van der Waals surface area contributed by atoms with Crippen LogP contribution in [-0.4, -0.2) is 18.8 Å². The van der Waals surface area contributed by atoms with E-state index in [1.54, 1.807) is 0 Å². The predicted octanol–water partition coefficient (Wildman–Crippen LogP) is 1.60. The Balaban J connectivity index is 2.17. The molecule has 14 heavy (non-hydrogen) atoms. The van der Waals surface area contributed by atoms with Gasteiger partial charge in [0.2, 0.25) is 0 Å². The maximum atomic E-state index is 5.51. The van der Waals surface area contributed by atoms with E-state index in [-0.39, 0.29) is 6.04 Å². The van der Waals surface area contributed by atoms with Crippen molar-refractivity contribution >= 4 is 0 Å². The van der Waals surface area contributed by atoms with Crippen LogP contribution in [-0.2, 0) is 4.74 Å². The van der Waals surface area contributed by atoms with Gasteiger partial charge in [-0.3, -0.25) is 11.3 Å². The van der Waals surface area contributed by atoms with Crippen LogP contribution in [0.4, 0.5) is 0 Å². The Bertz CT molecular complexity index is 188. The topological polar surface area (TPSA) is 47.3 Å². The molecule has 0 heterocycles. The fourth-order valence-corrected chi connectivity index (χ4v) is 1.98. The van der Waals surface area contributed by atoms with Crippen molar-refractivity contribution < 1.29 is 4.74 Å². The molecule has 0 radical (unpaired) electrons. The van der Waals surface area contributed by atoms with Crippen LogP contribution < -0.4 is 11.3 Å². The quantitative estimate of drug-likeness (QED) is 0.387. The minimum absolute atomic E-state index is 0.266. The Morgan fingerprint density at radius 2 is 2.29 bits per heavy atom. The number of hydrogen-bond acceptors (Lipinski definition) is 3. The number of rotatable bonds is 6. The lowest BCUT2D eigenvalue weighted by molar-refractivity contribution is -0.0281. The standard InChI is InChI=1S/C11H22N2O/c1-4-14-10-5-9(6-10)7-11(13-12)8(2)3/h9-11,13H,2,4-7,12H2,1,3H3. The van der Waals surface area contributed by atoms with Gasteiger partial charge in [0.1, 0.15) is 0 Å². The molecule has 1 aliphatic rings. The van der Waals surface area contributed by atoms with Crippen molar-refractivity contribution in [1.82, 2.24) is 5.43 Å². The second kappa shape index (κ2) is 5.49. The van der Waals surface area contributed by atoms with Gasteiger partial charge < -0.3 is 4.74 Å². The summed E-state index contributed by atoms with van der Waals surface area (Å²) in [6.45, 7) is 8.81. The predicted molar refractivity (Wildman–Crippen MR) is 58.7 cm³/mol. The van der Waals surface area contributed by atoms with Crippen LogP contribution >= 0.6 is 0 Å². The molecule has 0 aromatic heterocycles. The zero-order valence-corrected chi connectivity index (χ0v) is 9.25. The van der Waals surface area contributed by atoms with E-state index in [1.165, 1.54) is 12.8 Å². The number of hydrogen-bond donors (Lipinski definition) is 2. The highest BCUT2D eigenvalue weighted by molar-refractivity contribution is 5.02. The lowest BCUT2D eigenvalue weighted by Crippen LogP contribution is -2.41. The molecule has 0 aliphatic heterocycles. The molecule has 1 unspecified atom stereocenters. The van der Waals surface area contributed by atoms with E-state index in [0.717, 1.165) is 24.5 Å². The molecular formula is C11H22N2O. The minimum atomic E-state index is 0.266. The third-order valence-electron chi connectivity index (χ3n) is 2.96. The van der Waals surface area contributed by atoms with Crippen LogP contribution in [0.25, 0.3) is 0 Å². The monoisotopic (exact) mass is 198 g/mol. The number of hydrazine groups is 1. The van der Waals surface area contributed by atoms with Crippen molar-refractivity contribution in [3.63, 3.8) is 0 Å². The van der Waals surface area contributed by atoms with Gasteiger partial charge in [-0.2, -0.15) is 0 Å². The summed E-state index contributed by atoms with van der Waals surface area (Å²) in [5, 5.41) is 0. The fraction of sp³-hybridized carbons (Fsp3) is 0.818. The fourth-order valence-electron chi connectivity index (χ4n) is 1.98. The van der Waals surface area contributed by atoms with Crippen molar-refractivity contribution in [2.75, 3.05) is 6.61 Å². The zero-order chi connectivity index (χ0) is 10.6. The van der Waals surface area contributed by atoms with Crippen LogP contribution in [0, 0.1) is 5.92 Å². The average molecular weight is 198 g/mol. The maximum absolute atomic E-state index is 5.51. The van der Waals surface area contributed by atoms with Gasteiger partial charge in [-0.25, -0.2) is 0 Å². The van der Waals surface area contributed by atoms with Crippen LogP contribution in [0.5, 0.6) is 0 Å². The normalized spacial score (nSPS) is 28.2. The second-order valence-corrected chi connectivity index (χ2v) is 4.22. The van der Waals surface area contributed by atoms with E-state index >= 15 is 0 Å². The smallest absolute Gasteiger partial charge is 0.0580 e. The van der Waals surface area contributed by atoms with Crippen LogP contribution in [0.15, 0.2) is 12.2 Å². The SMILES string of the molecule is C=C(C)C(CC1CC(OCC)C1)NN. The second-order valence-electron chi connectivity index (χ2n) is 4.22. The maximum Gasteiger partial charge on any atom is 0.0580 e. The lowest BCUT2D eigenvalue weighted by Gasteiger charge is -2.37. The van der Waals surface area contributed by atoms with E-state index in [4.69, 9.17) is 10.6 Å². The summed E-state index contributed by atoms with van der Waals surface area (Å²) in [5.74, 6) is 6.21. The van der Waals surface area contributed by atoms with Gasteiger partial charge in [0.25, 0.3) is 0 Å². The number of nitrogens with one attached hydrogen (secondary N) is 1. The van der Waals surface area contributed by atoms with Crippen LogP contribution in [0.3, 0.4) is 0 Å². The molecule has 1 saturated carbocycles. The van der Waals surface area contributed by atoms with Crippen molar-refractivity contribution in [2.45, 2.75) is 45.3 Å². The first-order chi connectivity index (χ1) is 6.67. The first-order valence-electron chi connectivity index (χ1n) is 5.40. The van der Waals surface area contributed by atoms with Crippen molar-refractivity contribution in [1.29, 1.82) is 0 Å². The first-order valence-corrected chi connectivity index (χ1v) is 5.40. The molecule has 1 atom stereocenters. The van der Waals surface area contributed by atoms with E-state index < -0.39 is 0 Å². The largest absolute Gasteiger partial charge is 0.378 e. The number of nitrogens with two attached hydrogens (primary N) is 1. The molecule has 0 aromatic rings. The summed E-state index contributed by atoms with van der Waals surface area (Å²) >= 11 is 0. The minimum Gasteiger partial charge on any atom is -0.378 e. The van der Waals surface area contributed by atoms with Crippen molar-refractivity contribution in [2.24, 2.45) is 11.8 Å². The molecule has 1 fully saturated rings. The summed E-state index contributed by atoms with van der Waals surface area (Å²) in [6.07, 6.45) is 3.95. The third-order valence-corrected chi connectivity index (χ3v) is 2.96. The molecule has 82 valence electrons. The molecule has 0 amide bonds. The van der Waals surface area contributed by atoms with Gasteiger partial charge in [-0.05, 0) is 39.0 Å². The molecule has 0 bridgehead atoms. The van der Waals surface area contributed by atoms with Crippen molar-refractivity contribution in [3.05, 3.63) is 12.2 Å². The highest BCUT2D eigenvalue weighted by Crippen LogP contribution is 2.34. The Hall–Kier alpha value is -0.380. The summed E-state index contributed by atoms with van der Waals surface area (Å²) in [7, 11) is 0. The van der Waals surface area contributed by atoms with Gasteiger partial charge >= 0.3 is 0 Å². The van der Waals surface area contributed by atoms with Crippen LogP contribution in [0.2, 0.25) is 0 Å². The molecule has 3 N–H and O–H groups in total. The van der Waals surface area contributed by atoms with Crippen LogP contribution in [0.1, 0.15) is 33.1 Å². The average Bonchev–Trinajstić information content (AvgIpc) is 2.08. The highest BCUT2D eigenvalue weighted by Gasteiger charge is 2.31. The summed E-state index contributed by atoms with van der Waals surface area (Å²) in [5.41, 5.74) is 3.93. The Morgan fingerprint density at radius 3 is 2.71 bits per heavy atom. The third kappa shape index (κ3) is 3.08. The summed E-state index contributed by atoms with van der Waals surface area (Å²) < 4.78 is 5.51. The molecule has 3 nitrogen and oxygen atoms in total. The molecule has 0 aromatic carbocycles. The molecule has 1 aliphatic carbocycles. The number of ether oxygens (including phenoxy) is 1. The first kappa shape index (κ1) is 11.7. The van der Waals surface area contributed by atoms with Crippen molar-refractivity contribution in [3.8, 4) is 0 Å². The van der Waals surface area contributed by atoms with E-state index in [2.05, 4.69) is 12.0 Å². The molecular weight excluding hydrogens is 176 g/mol. The summed E-state index contributed by atoms with van der Waals surface area (Å²) in [6, 6.07) is 0.266. The molecule has 0 saturated heterocycles. The Kier molecular flexibility index (Phi) is 4.58. The Labute approximate surface area is 86.7 Å².